The van der Waals surface area contributed by atoms with E-state index in [0.29, 0.717) is 27.4 Å². The van der Waals surface area contributed by atoms with Gasteiger partial charge in [-0.25, -0.2) is 5.43 Å². The Morgan fingerprint density at radius 3 is 2.86 bits per heavy atom. The number of amides is 1. The van der Waals surface area contributed by atoms with E-state index >= 15 is 0 Å². The highest BCUT2D eigenvalue weighted by Crippen LogP contribution is 2.21. The Balaban J connectivity index is 2.19. The molecule has 1 aromatic carbocycles. The molecule has 0 atom stereocenters. The number of carbonyl (C=O) groups excluding carboxylic acids is 1. The van der Waals surface area contributed by atoms with Crippen molar-refractivity contribution >= 4 is 23.7 Å². The van der Waals surface area contributed by atoms with Gasteiger partial charge in [0, 0.05) is 17.3 Å². The molecule has 0 aliphatic rings. The number of halogens is 1. The van der Waals surface area contributed by atoms with E-state index in [2.05, 4.69) is 15.5 Å². The molecule has 0 aliphatic heterocycles. The minimum absolute atomic E-state index is 0.0951. The summed E-state index contributed by atoms with van der Waals surface area (Å²) >= 11 is 5.91. The summed E-state index contributed by atoms with van der Waals surface area (Å²) in [7, 11) is 0. The number of aromatic nitrogens is 1. The zero-order chi connectivity index (χ0) is 16.1. The van der Waals surface area contributed by atoms with Crippen LogP contribution in [0, 0.1) is 6.92 Å². The Hall–Kier alpha value is -2.44. The fourth-order valence-electron chi connectivity index (χ4n) is 1.78. The van der Waals surface area contributed by atoms with Crippen LogP contribution < -0.4 is 5.43 Å². The number of rotatable bonds is 4. The van der Waals surface area contributed by atoms with Gasteiger partial charge in [0.1, 0.15) is 5.75 Å². The largest absolute Gasteiger partial charge is 0.505 e. The van der Waals surface area contributed by atoms with Gasteiger partial charge >= 0.3 is 0 Å². The van der Waals surface area contributed by atoms with Crippen LogP contribution in [0.15, 0.2) is 35.6 Å². The number of carbonyl (C=O) groups is 1. The summed E-state index contributed by atoms with van der Waals surface area (Å²) in [5.74, 6) is -0.569. The Labute approximate surface area is 132 Å². The summed E-state index contributed by atoms with van der Waals surface area (Å²) in [6.07, 6.45) is 2.69. The minimum Gasteiger partial charge on any atom is -0.505 e. The van der Waals surface area contributed by atoms with Crippen molar-refractivity contribution in [1.82, 2.24) is 10.4 Å². The Bertz CT molecular complexity index is 732. The molecule has 22 heavy (non-hydrogen) atoms. The fraction of sp³-hybridized carbons (Fsp3) is 0.133. The van der Waals surface area contributed by atoms with Crippen LogP contribution in [0.3, 0.4) is 0 Å². The van der Waals surface area contributed by atoms with Crippen LogP contribution >= 0.6 is 11.6 Å². The molecule has 1 heterocycles. The van der Waals surface area contributed by atoms with E-state index < -0.39 is 5.91 Å². The van der Waals surface area contributed by atoms with Crippen LogP contribution in [-0.4, -0.2) is 27.3 Å². The van der Waals surface area contributed by atoms with E-state index in [9.17, 15) is 15.0 Å². The third-order valence-electron chi connectivity index (χ3n) is 3.01. The SMILES string of the molecule is Cc1ncc(CO)c(/C=N/NC(=O)c2ccccc2Cl)c1O. The topological polar surface area (TPSA) is 94.8 Å². The number of nitrogens with one attached hydrogen (secondary N) is 1. The number of benzene rings is 1. The molecule has 2 aromatic rings. The van der Waals surface area contributed by atoms with E-state index in [4.69, 9.17) is 11.6 Å². The monoisotopic (exact) mass is 319 g/mol. The minimum atomic E-state index is -0.474. The lowest BCUT2D eigenvalue weighted by Gasteiger charge is -2.07. The fourth-order valence-corrected chi connectivity index (χ4v) is 2.01. The molecule has 2 rings (SSSR count). The van der Waals surface area contributed by atoms with Gasteiger partial charge in [-0.15, -0.1) is 0 Å². The van der Waals surface area contributed by atoms with Gasteiger partial charge in [-0.3, -0.25) is 9.78 Å². The molecule has 1 aromatic heterocycles. The van der Waals surface area contributed by atoms with Gasteiger partial charge < -0.3 is 10.2 Å². The number of nitrogens with zero attached hydrogens (tertiary/aromatic N) is 2. The normalized spacial score (nSPS) is 10.9. The van der Waals surface area contributed by atoms with Crippen molar-refractivity contribution in [3.63, 3.8) is 0 Å². The van der Waals surface area contributed by atoms with E-state index in [1.807, 2.05) is 0 Å². The first-order valence-electron chi connectivity index (χ1n) is 6.40. The van der Waals surface area contributed by atoms with Crippen LogP contribution in [0.2, 0.25) is 5.02 Å². The molecule has 0 unspecified atom stereocenters. The molecule has 0 radical (unpaired) electrons. The summed E-state index contributed by atoms with van der Waals surface area (Å²) < 4.78 is 0. The lowest BCUT2D eigenvalue weighted by atomic mass is 10.1. The lowest BCUT2D eigenvalue weighted by Crippen LogP contribution is -2.18. The summed E-state index contributed by atoms with van der Waals surface area (Å²) in [5.41, 5.74) is 3.71. The first kappa shape index (κ1) is 15.9. The number of aliphatic hydroxyl groups is 1. The van der Waals surface area contributed by atoms with Gasteiger partial charge in [0.2, 0.25) is 0 Å². The summed E-state index contributed by atoms with van der Waals surface area (Å²) in [6, 6.07) is 6.57. The number of aryl methyl sites for hydroxylation is 1. The number of aromatic hydroxyl groups is 1. The van der Waals surface area contributed by atoms with E-state index in [0.717, 1.165) is 0 Å². The molecule has 7 heteroatoms. The van der Waals surface area contributed by atoms with Gasteiger partial charge in [0.15, 0.2) is 0 Å². The van der Waals surface area contributed by atoms with Crippen LogP contribution in [0.4, 0.5) is 0 Å². The summed E-state index contributed by atoms with van der Waals surface area (Å²) in [6.45, 7) is 1.32. The zero-order valence-corrected chi connectivity index (χ0v) is 12.5. The Kier molecular flexibility index (Phi) is 5.08. The smallest absolute Gasteiger partial charge is 0.272 e. The van der Waals surface area contributed by atoms with Gasteiger partial charge in [-0.1, -0.05) is 23.7 Å². The summed E-state index contributed by atoms with van der Waals surface area (Å²) in [5, 5.41) is 23.3. The molecule has 0 fully saturated rings. The van der Waals surface area contributed by atoms with Crippen molar-refractivity contribution < 1.29 is 15.0 Å². The number of hydrazone groups is 1. The molecule has 0 saturated carbocycles. The van der Waals surface area contributed by atoms with Crippen LogP contribution in [0.1, 0.15) is 27.2 Å². The number of pyridine rings is 1. The van der Waals surface area contributed by atoms with Gasteiger partial charge in [-0.05, 0) is 19.1 Å². The van der Waals surface area contributed by atoms with E-state index in [-0.39, 0.29) is 12.4 Å². The Morgan fingerprint density at radius 1 is 1.45 bits per heavy atom. The maximum atomic E-state index is 11.9. The number of hydrogen-bond donors (Lipinski definition) is 3. The molecule has 0 spiro atoms. The predicted molar refractivity (Wildman–Crippen MR) is 83.1 cm³/mol. The molecule has 1 amide bonds. The second-order valence-electron chi connectivity index (χ2n) is 4.47. The maximum absolute atomic E-state index is 11.9. The number of hydrogen-bond acceptors (Lipinski definition) is 5. The number of aliphatic hydroxyl groups excluding tert-OH is 1. The van der Waals surface area contributed by atoms with Crippen LogP contribution in [0.5, 0.6) is 5.75 Å². The second-order valence-corrected chi connectivity index (χ2v) is 4.88. The first-order chi connectivity index (χ1) is 10.5. The molecule has 6 nitrogen and oxygen atoms in total. The lowest BCUT2D eigenvalue weighted by molar-refractivity contribution is 0.0955. The van der Waals surface area contributed by atoms with Crippen LogP contribution in [-0.2, 0) is 6.61 Å². The highest BCUT2D eigenvalue weighted by molar-refractivity contribution is 6.33. The highest BCUT2D eigenvalue weighted by atomic mass is 35.5. The quantitative estimate of drug-likeness (QED) is 0.593. The van der Waals surface area contributed by atoms with Gasteiger partial charge in [0.05, 0.1) is 29.1 Å². The molecule has 0 aliphatic carbocycles. The van der Waals surface area contributed by atoms with Crippen molar-refractivity contribution in [2.45, 2.75) is 13.5 Å². The molecule has 0 saturated heterocycles. The van der Waals surface area contributed by atoms with Crippen molar-refractivity contribution in [2.75, 3.05) is 0 Å². The Morgan fingerprint density at radius 2 is 2.18 bits per heavy atom. The third-order valence-corrected chi connectivity index (χ3v) is 3.34. The zero-order valence-electron chi connectivity index (χ0n) is 11.7. The van der Waals surface area contributed by atoms with E-state index in [1.54, 1.807) is 31.2 Å². The molecule has 0 bridgehead atoms. The van der Waals surface area contributed by atoms with Crippen LogP contribution in [0.25, 0.3) is 0 Å². The highest BCUT2D eigenvalue weighted by Gasteiger charge is 2.11. The molecule has 3 N–H and O–H groups in total. The van der Waals surface area contributed by atoms with Crippen molar-refractivity contribution in [1.29, 1.82) is 0 Å². The predicted octanol–water partition coefficient (Wildman–Crippen LogP) is 2.01. The average molecular weight is 320 g/mol. The third kappa shape index (κ3) is 3.41. The average Bonchev–Trinajstić information content (AvgIpc) is 2.52. The molecule has 114 valence electrons. The van der Waals surface area contributed by atoms with Crippen molar-refractivity contribution in [3.8, 4) is 5.75 Å². The second kappa shape index (κ2) is 7.02. The van der Waals surface area contributed by atoms with Crippen molar-refractivity contribution in [2.24, 2.45) is 5.10 Å². The maximum Gasteiger partial charge on any atom is 0.272 e. The van der Waals surface area contributed by atoms with Gasteiger partial charge in [0.25, 0.3) is 5.91 Å². The summed E-state index contributed by atoms with van der Waals surface area (Å²) in [4.78, 5) is 15.9. The standard InChI is InChI=1S/C15H14ClN3O3/c1-9-14(21)12(10(8-20)6-17-9)7-18-19-15(22)11-4-2-3-5-13(11)16/h2-7,20-21H,8H2,1H3,(H,19,22)/b18-7+. The van der Waals surface area contributed by atoms with E-state index in [1.165, 1.54) is 12.4 Å². The molecular weight excluding hydrogens is 306 g/mol. The van der Waals surface area contributed by atoms with Crippen molar-refractivity contribution in [3.05, 3.63) is 57.9 Å². The molecular formula is C15H14ClN3O3. The first-order valence-corrected chi connectivity index (χ1v) is 6.78. The van der Waals surface area contributed by atoms with Gasteiger partial charge in [-0.2, -0.15) is 5.10 Å².